The molecule has 0 fully saturated rings. The predicted molar refractivity (Wildman–Crippen MR) is 76.9 cm³/mol. The predicted octanol–water partition coefficient (Wildman–Crippen LogP) is 3.86. The topological polar surface area (TPSA) is 35.5 Å². The van der Waals surface area contributed by atoms with Gasteiger partial charge in [-0.15, -0.1) is 0 Å². The zero-order valence-electron chi connectivity index (χ0n) is 12.3. The van der Waals surface area contributed by atoms with Gasteiger partial charge in [0.1, 0.15) is 11.9 Å². The van der Waals surface area contributed by atoms with Crippen molar-refractivity contribution in [3.8, 4) is 5.75 Å². The van der Waals surface area contributed by atoms with E-state index in [1.54, 1.807) is 6.07 Å². The minimum Gasteiger partial charge on any atom is -0.491 e. The van der Waals surface area contributed by atoms with Crippen LogP contribution in [0.5, 0.6) is 5.75 Å². The van der Waals surface area contributed by atoms with Gasteiger partial charge >= 0.3 is 0 Å². The van der Waals surface area contributed by atoms with Crippen molar-refractivity contribution in [2.75, 3.05) is 6.61 Å². The van der Waals surface area contributed by atoms with E-state index in [4.69, 9.17) is 9.47 Å². The largest absolute Gasteiger partial charge is 0.491 e. The highest BCUT2D eigenvalue weighted by Gasteiger charge is 2.19. The molecule has 1 atom stereocenters. The van der Waals surface area contributed by atoms with Gasteiger partial charge in [0.15, 0.2) is 5.78 Å². The standard InChI is InChI=1S/C16H24O3/c1-5-8-15(18-6-2)16(17)13-9-7-10-14(11-13)19-12(3)4/h7,9-12,15H,5-6,8H2,1-4H3. The van der Waals surface area contributed by atoms with Crippen molar-refractivity contribution < 1.29 is 14.3 Å². The van der Waals surface area contributed by atoms with E-state index in [9.17, 15) is 4.79 Å². The van der Waals surface area contributed by atoms with Crippen LogP contribution in [-0.2, 0) is 4.74 Å². The zero-order valence-corrected chi connectivity index (χ0v) is 12.3. The summed E-state index contributed by atoms with van der Waals surface area (Å²) in [7, 11) is 0. The molecule has 1 rings (SSSR count). The van der Waals surface area contributed by atoms with E-state index in [1.165, 1.54) is 0 Å². The van der Waals surface area contributed by atoms with Crippen LogP contribution in [0.15, 0.2) is 24.3 Å². The van der Waals surface area contributed by atoms with E-state index in [0.29, 0.717) is 12.2 Å². The lowest BCUT2D eigenvalue weighted by atomic mass is 10.0. The molecule has 0 spiro atoms. The van der Waals surface area contributed by atoms with Gasteiger partial charge in [0.25, 0.3) is 0 Å². The Morgan fingerprint density at radius 2 is 2.00 bits per heavy atom. The summed E-state index contributed by atoms with van der Waals surface area (Å²) in [6, 6.07) is 7.33. The Morgan fingerprint density at radius 1 is 1.26 bits per heavy atom. The summed E-state index contributed by atoms with van der Waals surface area (Å²) in [5, 5.41) is 0. The van der Waals surface area contributed by atoms with Crippen LogP contribution in [0.1, 0.15) is 50.9 Å². The quantitative estimate of drug-likeness (QED) is 0.669. The Bertz CT molecular complexity index is 393. The van der Waals surface area contributed by atoms with Crippen molar-refractivity contribution in [1.82, 2.24) is 0 Å². The van der Waals surface area contributed by atoms with Crippen molar-refractivity contribution in [3.05, 3.63) is 29.8 Å². The fourth-order valence-electron chi connectivity index (χ4n) is 1.93. The van der Waals surface area contributed by atoms with Crippen LogP contribution in [0.2, 0.25) is 0 Å². The third kappa shape index (κ3) is 5.03. The molecular formula is C16H24O3. The van der Waals surface area contributed by atoms with Crippen LogP contribution < -0.4 is 4.74 Å². The third-order valence-corrected chi connectivity index (χ3v) is 2.70. The number of benzene rings is 1. The first-order valence-electron chi connectivity index (χ1n) is 7.01. The van der Waals surface area contributed by atoms with Crippen LogP contribution in [0, 0.1) is 0 Å². The highest BCUT2D eigenvalue weighted by molar-refractivity contribution is 5.99. The maximum absolute atomic E-state index is 12.4. The molecule has 0 aromatic heterocycles. The monoisotopic (exact) mass is 264 g/mol. The molecule has 3 heteroatoms. The first-order chi connectivity index (χ1) is 9.08. The Kier molecular flexibility index (Phi) is 6.57. The minimum atomic E-state index is -0.343. The van der Waals surface area contributed by atoms with Crippen LogP contribution >= 0.6 is 0 Å². The summed E-state index contributed by atoms with van der Waals surface area (Å²) >= 11 is 0. The minimum absolute atomic E-state index is 0.0397. The van der Waals surface area contributed by atoms with Gasteiger partial charge in [-0.3, -0.25) is 4.79 Å². The molecule has 0 aliphatic heterocycles. The number of ketones is 1. The zero-order chi connectivity index (χ0) is 14.3. The maximum atomic E-state index is 12.4. The van der Waals surface area contributed by atoms with Gasteiger partial charge in [-0.1, -0.05) is 25.5 Å². The number of carbonyl (C=O) groups excluding carboxylic acids is 1. The van der Waals surface area contributed by atoms with Crippen molar-refractivity contribution in [2.45, 2.75) is 52.7 Å². The lowest BCUT2D eigenvalue weighted by molar-refractivity contribution is 0.0423. The molecule has 0 saturated heterocycles. The van der Waals surface area contributed by atoms with Gasteiger partial charge in [0, 0.05) is 12.2 Å². The SMILES string of the molecule is CCCC(OCC)C(=O)c1cccc(OC(C)C)c1. The molecule has 1 unspecified atom stereocenters. The second kappa shape index (κ2) is 7.95. The van der Waals surface area contributed by atoms with Crippen molar-refractivity contribution in [3.63, 3.8) is 0 Å². The number of hydrogen-bond acceptors (Lipinski definition) is 3. The summed E-state index contributed by atoms with van der Waals surface area (Å²) in [4.78, 5) is 12.4. The summed E-state index contributed by atoms with van der Waals surface area (Å²) < 4.78 is 11.1. The summed E-state index contributed by atoms with van der Waals surface area (Å²) in [6.07, 6.45) is 1.44. The smallest absolute Gasteiger partial charge is 0.191 e. The molecule has 1 aromatic carbocycles. The third-order valence-electron chi connectivity index (χ3n) is 2.70. The molecule has 0 aliphatic carbocycles. The summed E-state index contributed by atoms with van der Waals surface area (Å²) in [6.45, 7) is 8.45. The normalized spacial score (nSPS) is 12.5. The lowest BCUT2D eigenvalue weighted by Crippen LogP contribution is -2.24. The van der Waals surface area contributed by atoms with Crippen LogP contribution in [0.25, 0.3) is 0 Å². The highest BCUT2D eigenvalue weighted by atomic mass is 16.5. The Hall–Kier alpha value is -1.35. The molecule has 0 aliphatic rings. The van der Waals surface area contributed by atoms with Gasteiger partial charge in [-0.2, -0.15) is 0 Å². The second-order valence-electron chi connectivity index (χ2n) is 4.79. The number of carbonyl (C=O) groups is 1. The van der Waals surface area contributed by atoms with E-state index in [2.05, 4.69) is 6.92 Å². The van der Waals surface area contributed by atoms with E-state index in [-0.39, 0.29) is 18.0 Å². The molecule has 0 saturated carbocycles. The lowest BCUT2D eigenvalue weighted by Gasteiger charge is -2.16. The molecule has 19 heavy (non-hydrogen) atoms. The fraction of sp³-hybridized carbons (Fsp3) is 0.562. The first-order valence-corrected chi connectivity index (χ1v) is 7.01. The van der Waals surface area contributed by atoms with Gasteiger partial charge < -0.3 is 9.47 Å². The van der Waals surface area contributed by atoms with E-state index in [1.807, 2.05) is 39.0 Å². The molecule has 106 valence electrons. The highest BCUT2D eigenvalue weighted by Crippen LogP contribution is 2.18. The maximum Gasteiger partial charge on any atom is 0.191 e. The molecule has 0 radical (unpaired) electrons. The van der Waals surface area contributed by atoms with E-state index in [0.717, 1.165) is 18.6 Å². The van der Waals surface area contributed by atoms with Crippen LogP contribution in [0.4, 0.5) is 0 Å². The van der Waals surface area contributed by atoms with Gasteiger partial charge in [0.05, 0.1) is 6.10 Å². The number of hydrogen-bond donors (Lipinski definition) is 0. The van der Waals surface area contributed by atoms with Crippen LogP contribution in [-0.4, -0.2) is 24.6 Å². The fourth-order valence-corrected chi connectivity index (χ4v) is 1.93. The molecule has 0 heterocycles. The summed E-state index contributed by atoms with van der Waals surface area (Å²) in [5.41, 5.74) is 0.657. The molecule has 1 aromatic rings. The Morgan fingerprint density at radius 3 is 2.58 bits per heavy atom. The average Bonchev–Trinajstić information content (AvgIpc) is 2.37. The van der Waals surface area contributed by atoms with Crippen LogP contribution in [0.3, 0.4) is 0 Å². The number of ether oxygens (including phenoxy) is 2. The van der Waals surface area contributed by atoms with E-state index >= 15 is 0 Å². The van der Waals surface area contributed by atoms with Gasteiger partial charge in [0.2, 0.25) is 0 Å². The van der Waals surface area contributed by atoms with Crippen molar-refractivity contribution in [2.24, 2.45) is 0 Å². The number of rotatable bonds is 8. The van der Waals surface area contributed by atoms with E-state index < -0.39 is 0 Å². The average molecular weight is 264 g/mol. The molecule has 3 nitrogen and oxygen atoms in total. The number of Topliss-reactive ketones (excluding diaryl/α,β-unsaturated/α-hetero) is 1. The Labute approximate surface area is 115 Å². The summed E-state index contributed by atoms with van der Waals surface area (Å²) in [5.74, 6) is 0.769. The van der Waals surface area contributed by atoms with Gasteiger partial charge in [-0.25, -0.2) is 0 Å². The van der Waals surface area contributed by atoms with Crippen molar-refractivity contribution >= 4 is 5.78 Å². The van der Waals surface area contributed by atoms with Gasteiger partial charge in [-0.05, 0) is 39.3 Å². The molecule has 0 N–H and O–H groups in total. The first kappa shape index (κ1) is 15.7. The molecular weight excluding hydrogens is 240 g/mol. The second-order valence-corrected chi connectivity index (χ2v) is 4.79. The molecule has 0 amide bonds. The Balaban J connectivity index is 2.84. The molecule has 0 bridgehead atoms. The van der Waals surface area contributed by atoms with Crippen molar-refractivity contribution in [1.29, 1.82) is 0 Å².